The normalized spacial score (nSPS) is 10.5. The Balaban J connectivity index is 2.86. The summed E-state index contributed by atoms with van der Waals surface area (Å²) in [5.74, 6) is -1.77. The topological polar surface area (TPSA) is 50.4 Å². The second-order valence-electron chi connectivity index (χ2n) is 2.57. The van der Waals surface area contributed by atoms with Gasteiger partial charge in [0, 0.05) is 0 Å². The van der Waals surface area contributed by atoms with Gasteiger partial charge >= 0.3 is 5.97 Å². The molecule has 0 saturated carbocycles. The molecule has 0 amide bonds. The largest absolute Gasteiger partial charge is 0.478 e. The second kappa shape index (κ2) is 2.58. The molecule has 0 fully saturated rings. The summed E-state index contributed by atoms with van der Waals surface area (Å²) in [4.78, 5) is 10.6. The fraction of sp³-hybridized carbons (Fsp3) is 0. The Kier molecular flexibility index (Phi) is 1.55. The number of benzene rings is 1. The van der Waals surface area contributed by atoms with Crippen molar-refractivity contribution in [3.63, 3.8) is 0 Å². The van der Waals surface area contributed by atoms with Crippen LogP contribution in [-0.4, -0.2) is 11.1 Å². The first-order valence-electron chi connectivity index (χ1n) is 3.59. The Hall–Kier alpha value is -1.84. The standard InChI is InChI=1S/C9H5FO3/c10-6-2-1-3-7-8(6)5(4-13-7)9(11)12/h1-4H,(H,11,12). The minimum Gasteiger partial charge on any atom is -0.478 e. The smallest absolute Gasteiger partial charge is 0.339 e. The van der Waals surface area contributed by atoms with Gasteiger partial charge in [0.25, 0.3) is 0 Å². The summed E-state index contributed by atoms with van der Waals surface area (Å²) < 4.78 is 18.0. The van der Waals surface area contributed by atoms with Crippen molar-refractivity contribution in [2.75, 3.05) is 0 Å². The van der Waals surface area contributed by atoms with Crippen LogP contribution in [0.3, 0.4) is 0 Å². The van der Waals surface area contributed by atoms with E-state index in [9.17, 15) is 9.18 Å². The molecule has 0 radical (unpaired) electrons. The SMILES string of the molecule is O=C(O)c1coc2cccc(F)c12. The van der Waals surface area contributed by atoms with Gasteiger partial charge in [-0.05, 0) is 12.1 Å². The van der Waals surface area contributed by atoms with E-state index in [2.05, 4.69) is 0 Å². The van der Waals surface area contributed by atoms with E-state index >= 15 is 0 Å². The molecule has 1 aromatic heterocycles. The van der Waals surface area contributed by atoms with Gasteiger partial charge in [0.15, 0.2) is 0 Å². The zero-order valence-electron chi connectivity index (χ0n) is 6.45. The van der Waals surface area contributed by atoms with Gasteiger partial charge < -0.3 is 9.52 Å². The molecule has 1 heterocycles. The highest BCUT2D eigenvalue weighted by atomic mass is 19.1. The van der Waals surface area contributed by atoms with Crippen molar-refractivity contribution < 1.29 is 18.7 Å². The monoisotopic (exact) mass is 180 g/mol. The number of carboxylic acids is 1. The third-order valence-corrected chi connectivity index (χ3v) is 1.78. The van der Waals surface area contributed by atoms with Crippen LogP contribution >= 0.6 is 0 Å². The lowest BCUT2D eigenvalue weighted by molar-refractivity contribution is 0.0697. The molecule has 0 aliphatic heterocycles. The summed E-state index contributed by atoms with van der Waals surface area (Å²) in [7, 11) is 0. The minimum absolute atomic E-state index is 0.0231. The van der Waals surface area contributed by atoms with Crippen molar-refractivity contribution in [3.05, 3.63) is 35.8 Å². The van der Waals surface area contributed by atoms with Gasteiger partial charge in [-0.2, -0.15) is 0 Å². The Morgan fingerprint density at radius 1 is 1.46 bits per heavy atom. The first kappa shape index (κ1) is 7.79. The van der Waals surface area contributed by atoms with E-state index in [0.29, 0.717) is 0 Å². The number of fused-ring (bicyclic) bond motifs is 1. The first-order valence-corrected chi connectivity index (χ1v) is 3.59. The summed E-state index contributed by atoms with van der Waals surface area (Å²) in [6, 6.07) is 4.18. The average molecular weight is 180 g/mol. The van der Waals surface area contributed by atoms with Crippen molar-refractivity contribution in [1.29, 1.82) is 0 Å². The van der Waals surface area contributed by atoms with Crippen LogP contribution in [0.4, 0.5) is 4.39 Å². The van der Waals surface area contributed by atoms with E-state index in [1.54, 1.807) is 0 Å². The van der Waals surface area contributed by atoms with Gasteiger partial charge in [-0.3, -0.25) is 0 Å². The lowest BCUT2D eigenvalue weighted by Crippen LogP contribution is -1.94. The minimum atomic E-state index is -1.19. The molecule has 1 aromatic carbocycles. The number of hydrogen-bond donors (Lipinski definition) is 1. The number of carboxylic acid groups (broad SMARTS) is 1. The maximum Gasteiger partial charge on any atom is 0.339 e. The molecule has 0 atom stereocenters. The van der Waals surface area contributed by atoms with Crippen LogP contribution in [0.2, 0.25) is 0 Å². The quantitative estimate of drug-likeness (QED) is 0.732. The van der Waals surface area contributed by atoms with Gasteiger partial charge in [0.2, 0.25) is 0 Å². The number of hydrogen-bond acceptors (Lipinski definition) is 2. The molecule has 3 nitrogen and oxygen atoms in total. The lowest BCUT2D eigenvalue weighted by atomic mass is 10.2. The van der Waals surface area contributed by atoms with Gasteiger partial charge in [-0.15, -0.1) is 0 Å². The zero-order chi connectivity index (χ0) is 9.42. The Morgan fingerprint density at radius 3 is 2.92 bits per heavy atom. The fourth-order valence-electron chi connectivity index (χ4n) is 1.20. The highest BCUT2D eigenvalue weighted by Gasteiger charge is 2.15. The van der Waals surface area contributed by atoms with E-state index in [0.717, 1.165) is 6.26 Å². The predicted octanol–water partition coefficient (Wildman–Crippen LogP) is 2.27. The summed E-state index contributed by atoms with van der Waals surface area (Å²) in [5, 5.41) is 8.69. The van der Waals surface area contributed by atoms with Crippen LogP contribution in [-0.2, 0) is 0 Å². The van der Waals surface area contributed by atoms with Crippen molar-refractivity contribution in [2.24, 2.45) is 0 Å². The van der Waals surface area contributed by atoms with E-state index in [-0.39, 0.29) is 16.5 Å². The van der Waals surface area contributed by atoms with Gasteiger partial charge in [-0.25, -0.2) is 9.18 Å². The van der Waals surface area contributed by atoms with E-state index in [1.165, 1.54) is 18.2 Å². The summed E-state index contributed by atoms with van der Waals surface area (Å²) in [5.41, 5.74) is 0.102. The Morgan fingerprint density at radius 2 is 2.23 bits per heavy atom. The van der Waals surface area contributed by atoms with Crippen LogP contribution in [0, 0.1) is 5.82 Å². The van der Waals surface area contributed by atoms with Crippen molar-refractivity contribution in [3.8, 4) is 0 Å². The molecule has 0 aliphatic rings. The number of carbonyl (C=O) groups is 1. The van der Waals surface area contributed by atoms with Crippen LogP contribution in [0.1, 0.15) is 10.4 Å². The van der Waals surface area contributed by atoms with Crippen molar-refractivity contribution >= 4 is 16.9 Å². The molecule has 13 heavy (non-hydrogen) atoms. The number of rotatable bonds is 1. The summed E-state index contributed by atoms with van der Waals surface area (Å²) in [6.07, 6.45) is 1.04. The van der Waals surface area contributed by atoms with Crippen molar-refractivity contribution in [2.45, 2.75) is 0 Å². The molecule has 2 rings (SSSR count). The molecule has 2 aromatic rings. The van der Waals surface area contributed by atoms with Crippen LogP contribution < -0.4 is 0 Å². The van der Waals surface area contributed by atoms with Gasteiger partial charge in [-0.1, -0.05) is 6.07 Å². The molecule has 1 N–H and O–H groups in total. The van der Waals surface area contributed by atoms with Crippen LogP contribution in [0.5, 0.6) is 0 Å². The Bertz CT molecular complexity index is 473. The third-order valence-electron chi connectivity index (χ3n) is 1.78. The Labute approximate surface area is 72.4 Å². The van der Waals surface area contributed by atoms with Crippen LogP contribution in [0.15, 0.2) is 28.9 Å². The maximum absolute atomic E-state index is 13.1. The van der Waals surface area contributed by atoms with E-state index in [1.807, 2.05) is 0 Å². The highest BCUT2D eigenvalue weighted by Crippen LogP contribution is 2.23. The zero-order valence-corrected chi connectivity index (χ0v) is 6.45. The molecule has 0 bridgehead atoms. The maximum atomic E-state index is 13.1. The van der Waals surface area contributed by atoms with E-state index in [4.69, 9.17) is 9.52 Å². The van der Waals surface area contributed by atoms with Crippen LogP contribution in [0.25, 0.3) is 11.0 Å². The highest BCUT2D eigenvalue weighted by molar-refractivity contribution is 6.02. The molecule has 0 saturated heterocycles. The van der Waals surface area contributed by atoms with E-state index < -0.39 is 11.8 Å². The second-order valence-corrected chi connectivity index (χ2v) is 2.57. The third kappa shape index (κ3) is 1.07. The molecule has 4 heteroatoms. The van der Waals surface area contributed by atoms with Gasteiger partial charge in [0.05, 0.1) is 5.39 Å². The molecule has 0 unspecified atom stereocenters. The number of aromatic carboxylic acids is 1. The number of furan rings is 1. The molecular weight excluding hydrogens is 175 g/mol. The lowest BCUT2D eigenvalue weighted by Gasteiger charge is -1.91. The molecule has 66 valence electrons. The summed E-state index contributed by atoms with van der Waals surface area (Å²) >= 11 is 0. The van der Waals surface area contributed by atoms with Crippen molar-refractivity contribution in [1.82, 2.24) is 0 Å². The molecule has 0 spiro atoms. The summed E-state index contributed by atoms with van der Waals surface area (Å²) in [6.45, 7) is 0. The predicted molar refractivity (Wildman–Crippen MR) is 43.1 cm³/mol. The molecular formula is C9H5FO3. The molecule has 0 aliphatic carbocycles. The number of halogens is 1. The fourth-order valence-corrected chi connectivity index (χ4v) is 1.20. The first-order chi connectivity index (χ1) is 6.20. The van der Waals surface area contributed by atoms with Gasteiger partial charge in [0.1, 0.15) is 23.2 Å². The average Bonchev–Trinajstić information content (AvgIpc) is 2.49.